The Hall–Kier alpha value is -0.837. The van der Waals surface area contributed by atoms with Crippen LogP contribution in [0.15, 0.2) is 24.3 Å². The fourth-order valence-electron chi connectivity index (χ4n) is 2.30. The third kappa shape index (κ3) is 2.46. The van der Waals surface area contributed by atoms with Gasteiger partial charge in [-0.05, 0) is 0 Å². The standard InChI is InChI=1S/C12H19GeNO2/c1-4-13(5-2,6-3)11-7-9-12(10-8-11)14(15)16/h7-10H,4-6H2,1-3H3. The van der Waals surface area contributed by atoms with E-state index in [9.17, 15) is 10.1 Å². The number of hydrogen-bond donors (Lipinski definition) is 0. The van der Waals surface area contributed by atoms with Gasteiger partial charge in [-0.3, -0.25) is 0 Å². The Morgan fingerprint density at radius 1 is 1.06 bits per heavy atom. The minimum absolute atomic E-state index is 0.198. The van der Waals surface area contributed by atoms with Crippen LogP contribution >= 0.6 is 0 Å². The second-order valence-corrected chi connectivity index (χ2v) is 15.2. The van der Waals surface area contributed by atoms with Crippen molar-refractivity contribution in [3.05, 3.63) is 34.4 Å². The molecule has 3 nitrogen and oxygen atoms in total. The Labute approximate surface area is 99.4 Å². The average molecular weight is 282 g/mol. The van der Waals surface area contributed by atoms with E-state index in [4.69, 9.17) is 0 Å². The molecule has 0 radical (unpaired) electrons. The van der Waals surface area contributed by atoms with Gasteiger partial charge in [-0.1, -0.05) is 0 Å². The molecule has 0 bridgehead atoms. The van der Waals surface area contributed by atoms with Crippen LogP contribution in [0.5, 0.6) is 0 Å². The van der Waals surface area contributed by atoms with Crippen LogP contribution in [0, 0.1) is 10.1 Å². The summed E-state index contributed by atoms with van der Waals surface area (Å²) in [6.45, 7) is 6.78. The quantitative estimate of drug-likeness (QED) is 0.472. The molecule has 1 rings (SSSR count). The van der Waals surface area contributed by atoms with E-state index in [1.165, 1.54) is 20.2 Å². The third-order valence-corrected chi connectivity index (χ3v) is 15.5. The Balaban J connectivity index is 3.08. The fraction of sp³-hybridized carbons (Fsp3) is 0.500. The maximum absolute atomic E-state index is 10.6. The topological polar surface area (TPSA) is 43.1 Å². The number of nitro groups is 1. The molecule has 88 valence electrons. The molecule has 0 heterocycles. The van der Waals surface area contributed by atoms with Crippen molar-refractivity contribution >= 4 is 23.3 Å². The molecule has 0 spiro atoms. The monoisotopic (exact) mass is 283 g/mol. The van der Waals surface area contributed by atoms with E-state index in [-0.39, 0.29) is 10.6 Å². The normalized spacial score (nSPS) is 11.4. The second-order valence-electron chi connectivity index (χ2n) is 4.14. The van der Waals surface area contributed by atoms with Crippen LogP contribution in [-0.2, 0) is 0 Å². The second kappa shape index (κ2) is 5.48. The summed E-state index contributed by atoms with van der Waals surface area (Å²) in [5.41, 5.74) is 0.198. The number of benzene rings is 1. The van der Waals surface area contributed by atoms with Crippen molar-refractivity contribution in [2.45, 2.75) is 36.5 Å². The van der Waals surface area contributed by atoms with Crippen LogP contribution in [-0.4, -0.2) is 18.2 Å². The van der Waals surface area contributed by atoms with Crippen LogP contribution in [0.2, 0.25) is 15.8 Å². The summed E-state index contributed by atoms with van der Waals surface area (Å²) in [6, 6.07) is 7.26. The Kier molecular flexibility index (Phi) is 4.53. The van der Waals surface area contributed by atoms with Gasteiger partial charge in [0.25, 0.3) is 0 Å². The predicted octanol–water partition coefficient (Wildman–Crippen LogP) is 3.31. The molecule has 0 unspecified atom stereocenters. The number of rotatable bonds is 5. The molecule has 0 saturated heterocycles. The molecule has 0 aromatic heterocycles. The van der Waals surface area contributed by atoms with Crippen molar-refractivity contribution in [2.24, 2.45) is 0 Å². The van der Waals surface area contributed by atoms with E-state index < -0.39 is 13.3 Å². The number of nitrogens with zero attached hydrogens (tertiary/aromatic N) is 1. The molecule has 16 heavy (non-hydrogen) atoms. The number of hydrogen-bond acceptors (Lipinski definition) is 2. The SMILES string of the molecule is C[CH2][Ge]([CH2]C)([CH2]C)[c]1ccc([N+](=O)[O-])cc1. The van der Waals surface area contributed by atoms with E-state index in [1.807, 2.05) is 12.1 Å². The Morgan fingerprint density at radius 3 is 1.81 bits per heavy atom. The van der Waals surface area contributed by atoms with Gasteiger partial charge in [0.05, 0.1) is 0 Å². The fourth-order valence-corrected chi connectivity index (χ4v) is 9.85. The zero-order valence-electron chi connectivity index (χ0n) is 10.2. The first-order valence-electron chi connectivity index (χ1n) is 5.84. The molecule has 1 aromatic carbocycles. The molecule has 0 aliphatic rings. The number of nitro benzene ring substituents is 1. The zero-order chi connectivity index (χ0) is 12.2. The molecule has 0 amide bonds. The van der Waals surface area contributed by atoms with Gasteiger partial charge in [-0.2, -0.15) is 0 Å². The van der Waals surface area contributed by atoms with Gasteiger partial charge in [0.2, 0.25) is 0 Å². The summed E-state index contributed by atoms with van der Waals surface area (Å²) in [7, 11) is 0. The molecule has 0 atom stereocenters. The molecule has 4 heteroatoms. The molecular weight excluding hydrogens is 263 g/mol. The zero-order valence-corrected chi connectivity index (χ0v) is 12.3. The van der Waals surface area contributed by atoms with Crippen molar-refractivity contribution in [2.75, 3.05) is 0 Å². The first-order valence-corrected chi connectivity index (χ1v) is 11.3. The molecule has 0 saturated carbocycles. The van der Waals surface area contributed by atoms with E-state index in [0.29, 0.717) is 0 Å². The van der Waals surface area contributed by atoms with Gasteiger partial charge in [-0.25, -0.2) is 0 Å². The molecule has 0 aliphatic carbocycles. The Bertz CT molecular complexity index is 350. The van der Waals surface area contributed by atoms with Crippen molar-refractivity contribution in [1.82, 2.24) is 0 Å². The van der Waals surface area contributed by atoms with Crippen molar-refractivity contribution in [3.8, 4) is 0 Å². The van der Waals surface area contributed by atoms with Crippen molar-refractivity contribution < 1.29 is 4.92 Å². The summed E-state index contributed by atoms with van der Waals surface area (Å²) < 4.78 is 1.40. The van der Waals surface area contributed by atoms with E-state index in [1.54, 1.807) is 12.1 Å². The average Bonchev–Trinajstić information content (AvgIpc) is 2.33. The van der Waals surface area contributed by atoms with Crippen molar-refractivity contribution in [1.29, 1.82) is 0 Å². The molecule has 0 N–H and O–H groups in total. The van der Waals surface area contributed by atoms with Crippen LogP contribution < -0.4 is 4.40 Å². The first kappa shape index (κ1) is 13.2. The molecule has 0 aliphatic heterocycles. The number of non-ortho nitro benzene ring substituents is 1. The molecular formula is C12H19GeNO2. The summed E-state index contributed by atoms with van der Waals surface area (Å²) in [6.07, 6.45) is 0. The van der Waals surface area contributed by atoms with Crippen LogP contribution in [0.4, 0.5) is 5.69 Å². The van der Waals surface area contributed by atoms with E-state index in [2.05, 4.69) is 20.8 Å². The van der Waals surface area contributed by atoms with Gasteiger partial charge in [-0.15, -0.1) is 0 Å². The van der Waals surface area contributed by atoms with Crippen LogP contribution in [0.3, 0.4) is 0 Å². The summed E-state index contributed by atoms with van der Waals surface area (Å²) in [4.78, 5) is 10.3. The van der Waals surface area contributed by atoms with E-state index >= 15 is 0 Å². The van der Waals surface area contributed by atoms with Gasteiger partial charge >= 0.3 is 99.2 Å². The summed E-state index contributed by atoms with van der Waals surface area (Å²) >= 11 is -1.92. The van der Waals surface area contributed by atoms with Gasteiger partial charge in [0, 0.05) is 0 Å². The van der Waals surface area contributed by atoms with E-state index in [0.717, 1.165) is 0 Å². The van der Waals surface area contributed by atoms with Gasteiger partial charge in [0.15, 0.2) is 0 Å². The molecule has 1 aromatic rings. The first-order chi connectivity index (χ1) is 7.59. The van der Waals surface area contributed by atoms with Crippen molar-refractivity contribution in [3.63, 3.8) is 0 Å². The third-order valence-electron chi connectivity index (χ3n) is 3.72. The van der Waals surface area contributed by atoms with Crippen LogP contribution in [0.25, 0.3) is 0 Å². The molecule has 0 fully saturated rings. The van der Waals surface area contributed by atoms with Gasteiger partial charge in [0.1, 0.15) is 0 Å². The minimum atomic E-state index is -1.92. The van der Waals surface area contributed by atoms with Crippen LogP contribution in [0.1, 0.15) is 20.8 Å². The predicted molar refractivity (Wildman–Crippen MR) is 69.9 cm³/mol. The summed E-state index contributed by atoms with van der Waals surface area (Å²) in [5, 5.41) is 14.4. The van der Waals surface area contributed by atoms with Gasteiger partial charge < -0.3 is 0 Å². The summed E-state index contributed by atoms with van der Waals surface area (Å²) in [5.74, 6) is 0. The maximum atomic E-state index is 10.6. The Morgan fingerprint density at radius 2 is 1.50 bits per heavy atom.